The molecule has 7 heteroatoms. The molecule has 7 nitrogen and oxygen atoms in total. The molecule has 3 aromatic carbocycles. The minimum atomic E-state index is -0.644. The summed E-state index contributed by atoms with van der Waals surface area (Å²) in [6, 6.07) is 27.0. The lowest BCUT2D eigenvalue weighted by molar-refractivity contribution is -0.159. The topological polar surface area (TPSA) is 86.0 Å². The van der Waals surface area contributed by atoms with Gasteiger partial charge in [-0.1, -0.05) is 60.7 Å². The van der Waals surface area contributed by atoms with Crippen molar-refractivity contribution >= 4 is 11.6 Å². The van der Waals surface area contributed by atoms with Crippen molar-refractivity contribution in [3.05, 3.63) is 114 Å². The van der Waals surface area contributed by atoms with Gasteiger partial charge >= 0.3 is 5.97 Å². The van der Waals surface area contributed by atoms with Crippen molar-refractivity contribution in [2.75, 3.05) is 6.79 Å². The molecular formula is C32H31N3O4. The van der Waals surface area contributed by atoms with Crippen LogP contribution in [-0.2, 0) is 22.4 Å². The number of imidazole rings is 1. The lowest BCUT2D eigenvalue weighted by Crippen LogP contribution is -2.25. The first-order valence-electron chi connectivity index (χ1n) is 12.9. The molecule has 5 aromatic rings. The molecular weight excluding hydrogens is 490 g/mol. The number of carbonyl (C=O) groups is 1. The van der Waals surface area contributed by atoms with E-state index < -0.39 is 5.41 Å². The van der Waals surface area contributed by atoms with Crippen LogP contribution in [0, 0.1) is 5.41 Å². The van der Waals surface area contributed by atoms with E-state index in [-0.39, 0.29) is 18.5 Å². The molecule has 0 unspecified atom stereocenters. The number of carbonyl (C=O) groups excluding carboxylic acids is 1. The number of nitrogens with zero attached hydrogens (tertiary/aromatic N) is 3. The van der Waals surface area contributed by atoms with Crippen LogP contribution in [0.3, 0.4) is 0 Å². The van der Waals surface area contributed by atoms with Gasteiger partial charge in [0.25, 0.3) is 0 Å². The lowest BCUT2D eigenvalue weighted by atomic mass is 9.98. The zero-order chi connectivity index (χ0) is 27.4. The normalized spacial score (nSPS) is 11.5. The van der Waals surface area contributed by atoms with E-state index in [1.54, 1.807) is 32.9 Å². The van der Waals surface area contributed by atoms with Gasteiger partial charge in [0, 0.05) is 24.6 Å². The van der Waals surface area contributed by atoms with Crippen LogP contribution in [-0.4, -0.2) is 32.2 Å². The molecule has 2 aromatic heterocycles. The van der Waals surface area contributed by atoms with Gasteiger partial charge in [-0.25, -0.2) is 9.97 Å². The van der Waals surface area contributed by atoms with E-state index in [9.17, 15) is 9.90 Å². The third kappa shape index (κ3) is 6.09. The van der Waals surface area contributed by atoms with E-state index in [0.717, 1.165) is 22.4 Å². The maximum absolute atomic E-state index is 12.4. The number of hydrogen-bond donors (Lipinski definition) is 1. The largest absolute Gasteiger partial charge is 0.508 e. The van der Waals surface area contributed by atoms with Crippen molar-refractivity contribution < 1.29 is 19.4 Å². The smallest absolute Gasteiger partial charge is 0.314 e. The summed E-state index contributed by atoms with van der Waals surface area (Å²) in [6.07, 6.45) is 2.97. The number of rotatable bonds is 8. The zero-order valence-corrected chi connectivity index (χ0v) is 22.3. The number of phenolic OH excluding ortho intramolecular Hbond substituents is 1. The van der Waals surface area contributed by atoms with Gasteiger partial charge in [0.2, 0.25) is 12.7 Å². The molecule has 5 rings (SSSR count). The number of esters is 1. The highest BCUT2D eigenvalue weighted by atomic mass is 16.7. The van der Waals surface area contributed by atoms with Crippen LogP contribution in [0.25, 0.3) is 16.9 Å². The van der Waals surface area contributed by atoms with E-state index in [0.29, 0.717) is 35.8 Å². The molecule has 0 atom stereocenters. The number of benzene rings is 3. The van der Waals surface area contributed by atoms with Gasteiger partial charge in [-0.15, -0.1) is 0 Å². The predicted molar refractivity (Wildman–Crippen MR) is 150 cm³/mol. The van der Waals surface area contributed by atoms with Crippen LogP contribution >= 0.6 is 0 Å². The summed E-state index contributed by atoms with van der Waals surface area (Å²) < 4.78 is 13.5. The Morgan fingerprint density at radius 3 is 2.00 bits per heavy atom. The molecule has 1 N–H and O–H groups in total. The summed E-state index contributed by atoms with van der Waals surface area (Å²) >= 11 is 0. The molecule has 0 amide bonds. The number of hydrogen-bond acceptors (Lipinski definition) is 6. The van der Waals surface area contributed by atoms with E-state index in [1.165, 1.54) is 0 Å². The van der Waals surface area contributed by atoms with Gasteiger partial charge in [0.1, 0.15) is 11.4 Å². The predicted octanol–water partition coefficient (Wildman–Crippen LogP) is 6.21. The van der Waals surface area contributed by atoms with E-state index in [1.807, 2.05) is 71.3 Å². The molecule has 0 aliphatic heterocycles. The number of aromatic hydroxyl groups is 1. The molecule has 0 aliphatic carbocycles. The SMILES string of the molecule is CC(C)(C)C(=O)OCOc1c(Cc2ccccc2)nc2c(Cc3ccccc3)nc(-c3ccc(O)cc3)cn12. The highest BCUT2D eigenvalue weighted by Crippen LogP contribution is 2.30. The first kappa shape index (κ1) is 26.0. The quantitative estimate of drug-likeness (QED) is 0.193. The van der Waals surface area contributed by atoms with Crippen molar-refractivity contribution in [1.82, 2.24) is 14.4 Å². The summed E-state index contributed by atoms with van der Waals surface area (Å²) in [5.74, 6) is 0.325. The Kier molecular flexibility index (Phi) is 7.32. The number of phenols is 1. The van der Waals surface area contributed by atoms with Gasteiger partial charge in [-0.3, -0.25) is 9.20 Å². The van der Waals surface area contributed by atoms with Crippen LogP contribution in [0.5, 0.6) is 11.6 Å². The first-order valence-corrected chi connectivity index (χ1v) is 12.9. The van der Waals surface area contributed by atoms with Crippen molar-refractivity contribution in [1.29, 1.82) is 0 Å². The fourth-order valence-corrected chi connectivity index (χ4v) is 4.23. The van der Waals surface area contributed by atoms with Crippen LogP contribution in [0.15, 0.2) is 91.1 Å². The molecule has 39 heavy (non-hydrogen) atoms. The van der Waals surface area contributed by atoms with Gasteiger partial charge < -0.3 is 14.6 Å². The monoisotopic (exact) mass is 521 g/mol. The molecule has 0 saturated carbocycles. The molecule has 0 aliphatic rings. The van der Waals surface area contributed by atoms with Crippen LogP contribution in [0.4, 0.5) is 0 Å². The van der Waals surface area contributed by atoms with Crippen molar-refractivity contribution in [3.63, 3.8) is 0 Å². The van der Waals surface area contributed by atoms with Crippen molar-refractivity contribution in [3.8, 4) is 22.9 Å². The average molecular weight is 522 g/mol. The second kappa shape index (κ2) is 11.0. The standard InChI is InChI=1S/C32H31N3O4/c1-32(2,3)31(37)39-21-38-30-27(19-23-12-8-5-9-13-23)34-29-26(18-22-10-6-4-7-11-22)33-28(20-35(29)30)24-14-16-25(36)17-15-24/h4-17,20,36H,18-19,21H2,1-3H3. The van der Waals surface area contributed by atoms with Gasteiger partial charge in [0.15, 0.2) is 5.65 Å². The summed E-state index contributed by atoms with van der Waals surface area (Å²) in [7, 11) is 0. The summed E-state index contributed by atoms with van der Waals surface area (Å²) in [5.41, 5.74) is 5.24. The Morgan fingerprint density at radius 1 is 0.821 bits per heavy atom. The Bertz CT molecular complexity index is 1570. The summed E-state index contributed by atoms with van der Waals surface area (Å²) in [5, 5.41) is 9.81. The van der Waals surface area contributed by atoms with Gasteiger partial charge in [-0.05, 0) is 56.2 Å². The molecule has 0 saturated heterocycles. The third-order valence-corrected chi connectivity index (χ3v) is 6.29. The fraction of sp³-hybridized carbons (Fsp3) is 0.219. The van der Waals surface area contributed by atoms with Crippen molar-refractivity contribution in [2.24, 2.45) is 5.41 Å². The van der Waals surface area contributed by atoms with Crippen LogP contribution in [0.2, 0.25) is 0 Å². The molecule has 198 valence electrons. The van der Waals surface area contributed by atoms with Gasteiger partial charge in [0.05, 0.1) is 16.8 Å². The lowest BCUT2D eigenvalue weighted by Gasteiger charge is -2.17. The minimum Gasteiger partial charge on any atom is -0.508 e. The maximum atomic E-state index is 12.4. The fourth-order valence-electron chi connectivity index (χ4n) is 4.23. The molecule has 0 fully saturated rings. The number of ether oxygens (including phenoxy) is 2. The van der Waals surface area contributed by atoms with Crippen LogP contribution in [0.1, 0.15) is 43.3 Å². The first-order chi connectivity index (χ1) is 18.8. The zero-order valence-electron chi connectivity index (χ0n) is 22.3. The molecule has 0 bridgehead atoms. The maximum Gasteiger partial charge on any atom is 0.314 e. The van der Waals surface area contributed by atoms with E-state index >= 15 is 0 Å². The summed E-state index contributed by atoms with van der Waals surface area (Å²) in [6.45, 7) is 5.16. The Balaban J connectivity index is 1.63. The average Bonchev–Trinajstić information content (AvgIpc) is 3.26. The molecule has 0 radical (unpaired) electrons. The van der Waals surface area contributed by atoms with Crippen LogP contribution < -0.4 is 4.74 Å². The van der Waals surface area contributed by atoms with Crippen molar-refractivity contribution in [2.45, 2.75) is 33.6 Å². The Hall–Kier alpha value is -4.65. The highest BCUT2D eigenvalue weighted by molar-refractivity contribution is 5.75. The van der Waals surface area contributed by atoms with E-state index in [4.69, 9.17) is 19.4 Å². The Morgan fingerprint density at radius 2 is 1.41 bits per heavy atom. The number of aromatic nitrogens is 3. The Labute approximate surface area is 227 Å². The van der Waals surface area contributed by atoms with Gasteiger partial charge in [-0.2, -0.15) is 0 Å². The van der Waals surface area contributed by atoms with E-state index in [2.05, 4.69) is 12.1 Å². The second-order valence-corrected chi connectivity index (χ2v) is 10.4. The second-order valence-electron chi connectivity index (χ2n) is 10.4. The summed E-state index contributed by atoms with van der Waals surface area (Å²) in [4.78, 5) is 22.4. The molecule has 0 spiro atoms. The molecule has 2 heterocycles. The third-order valence-electron chi connectivity index (χ3n) is 6.29. The highest BCUT2D eigenvalue weighted by Gasteiger charge is 2.24. The minimum absolute atomic E-state index is 0.182. The number of fused-ring (bicyclic) bond motifs is 1.